The zero-order valence-corrected chi connectivity index (χ0v) is 13.4. The van der Waals surface area contributed by atoms with Crippen LogP contribution in [0.3, 0.4) is 0 Å². The van der Waals surface area contributed by atoms with Crippen molar-refractivity contribution in [3.05, 3.63) is 35.9 Å². The molecular weight excluding hydrogens is 242 g/mol. The van der Waals surface area contributed by atoms with Crippen LogP contribution in [0, 0.1) is 11.8 Å². The van der Waals surface area contributed by atoms with Crippen LogP contribution < -0.4 is 5.32 Å². The summed E-state index contributed by atoms with van der Waals surface area (Å²) in [5, 5.41) is 3.89. The summed E-state index contributed by atoms with van der Waals surface area (Å²) in [6.07, 6.45) is 6.75. The Labute approximate surface area is 125 Å². The van der Waals surface area contributed by atoms with Crippen LogP contribution in [-0.2, 0) is 0 Å². The van der Waals surface area contributed by atoms with E-state index in [9.17, 15) is 0 Å². The summed E-state index contributed by atoms with van der Waals surface area (Å²) >= 11 is 0. The molecule has 1 nitrogen and oxygen atoms in total. The Morgan fingerprint density at radius 2 is 1.85 bits per heavy atom. The van der Waals surface area contributed by atoms with Crippen LogP contribution in [0.1, 0.15) is 64.4 Å². The highest BCUT2D eigenvalue weighted by atomic mass is 14.9. The molecule has 1 aliphatic rings. The van der Waals surface area contributed by atoms with E-state index in [2.05, 4.69) is 56.4 Å². The number of rotatable bonds is 8. The minimum Gasteiger partial charge on any atom is -0.313 e. The number of hydrogen-bond acceptors (Lipinski definition) is 1. The van der Waals surface area contributed by atoms with E-state index in [0.29, 0.717) is 12.0 Å². The summed E-state index contributed by atoms with van der Waals surface area (Å²) in [6, 6.07) is 11.9. The summed E-state index contributed by atoms with van der Waals surface area (Å²) in [5.41, 5.74) is 1.53. The van der Waals surface area contributed by atoms with Crippen molar-refractivity contribution in [2.24, 2.45) is 11.8 Å². The van der Waals surface area contributed by atoms with Crippen molar-refractivity contribution in [3.8, 4) is 0 Å². The fourth-order valence-corrected chi connectivity index (χ4v) is 3.52. The van der Waals surface area contributed by atoms with Gasteiger partial charge in [-0.2, -0.15) is 0 Å². The molecule has 20 heavy (non-hydrogen) atoms. The topological polar surface area (TPSA) is 12.0 Å². The second-order valence-corrected chi connectivity index (χ2v) is 6.49. The molecule has 0 radical (unpaired) electrons. The van der Waals surface area contributed by atoms with Crippen LogP contribution in [-0.4, -0.2) is 12.6 Å². The molecule has 0 aliphatic heterocycles. The molecule has 0 spiro atoms. The van der Waals surface area contributed by atoms with E-state index < -0.39 is 0 Å². The average molecular weight is 273 g/mol. The number of nitrogens with one attached hydrogen (secondary N) is 1. The number of benzene rings is 1. The molecule has 1 heteroatoms. The SMILES string of the molecule is CCCNC(C1CCC1)C(c1ccccc1)C(C)CC. The molecule has 3 atom stereocenters. The normalized spacial score (nSPS) is 20.1. The predicted octanol–water partition coefficient (Wildman–Crippen LogP) is 4.98. The third-order valence-corrected chi connectivity index (χ3v) is 5.12. The van der Waals surface area contributed by atoms with Gasteiger partial charge in [-0.05, 0) is 43.2 Å². The van der Waals surface area contributed by atoms with Gasteiger partial charge in [-0.3, -0.25) is 0 Å². The Bertz CT molecular complexity index is 369. The van der Waals surface area contributed by atoms with Crippen molar-refractivity contribution in [2.45, 2.75) is 64.8 Å². The first-order chi connectivity index (χ1) is 9.77. The van der Waals surface area contributed by atoms with E-state index in [-0.39, 0.29) is 0 Å². The minimum absolute atomic E-state index is 0.665. The van der Waals surface area contributed by atoms with Crippen molar-refractivity contribution in [1.82, 2.24) is 5.32 Å². The van der Waals surface area contributed by atoms with Crippen LogP contribution in [0.5, 0.6) is 0 Å². The van der Waals surface area contributed by atoms with Crippen molar-refractivity contribution in [2.75, 3.05) is 6.54 Å². The summed E-state index contributed by atoms with van der Waals surface area (Å²) in [5.74, 6) is 2.30. The monoisotopic (exact) mass is 273 g/mol. The van der Waals surface area contributed by atoms with E-state index in [1.54, 1.807) is 0 Å². The lowest BCUT2D eigenvalue weighted by atomic mass is 9.69. The standard InChI is InChI=1S/C19H31N/c1-4-14-20-19(17-12-9-13-17)18(15(3)5-2)16-10-7-6-8-11-16/h6-8,10-11,15,17-20H,4-5,9,12-14H2,1-3H3. The molecule has 1 aliphatic carbocycles. The molecule has 0 bridgehead atoms. The zero-order chi connectivity index (χ0) is 14.4. The molecular formula is C19H31N. The second-order valence-electron chi connectivity index (χ2n) is 6.49. The van der Waals surface area contributed by atoms with Crippen molar-refractivity contribution in [1.29, 1.82) is 0 Å². The quantitative estimate of drug-likeness (QED) is 0.704. The van der Waals surface area contributed by atoms with Gasteiger partial charge < -0.3 is 5.32 Å². The summed E-state index contributed by atoms with van der Waals surface area (Å²) < 4.78 is 0. The zero-order valence-electron chi connectivity index (χ0n) is 13.4. The average Bonchev–Trinajstić information content (AvgIpc) is 2.43. The van der Waals surface area contributed by atoms with Gasteiger partial charge in [-0.1, -0.05) is 63.9 Å². The van der Waals surface area contributed by atoms with Crippen LogP contribution >= 0.6 is 0 Å². The first kappa shape index (κ1) is 15.6. The number of hydrogen-bond donors (Lipinski definition) is 1. The fraction of sp³-hybridized carbons (Fsp3) is 0.684. The Hall–Kier alpha value is -0.820. The maximum Gasteiger partial charge on any atom is 0.0167 e. The smallest absolute Gasteiger partial charge is 0.0167 e. The van der Waals surface area contributed by atoms with Crippen molar-refractivity contribution >= 4 is 0 Å². The van der Waals surface area contributed by atoms with Crippen LogP contribution in [0.2, 0.25) is 0 Å². The van der Waals surface area contributed by atoms with Gasteiger partial charge in [-0.15, -0.1) is 0 Å². The second kappa shape index (κ2) is 7.83. The van der Waals surface area contributed by atoms with E-state index in [0.717, 1.165) is 18.4 Å². The molecule has 112 valence electrons. The molecule has 0 saturated heterocycles. The van der Waals surface area contributed by atoms with Gasteiger partial charge in [0, 0.05) is 12.0 Å². The first-order valence-electron chi connectivity index (χ1n) is 8.56. The lowest BCUT2D eigenvalue weighted by Crippen LogP contribution is -2.46. The highest BCUT2D eigenvalue weighted by Gasteiger charge is 2.35. The highest BCUT2D eigenvalue weighted by molar-refractivity contribution is 5.23. The molecule has 0 heterocycles. The Morgan fingerprint density at radius 3 is 2.35 bits per heavy atom. The molecule has 0 amide bonds. The Morgan fingerprint density at radius 1 is 1.15 bits per heavy atom. The largest absolute Gasteiger partial charge is 0.313 e. The van der Waals surface area contributed by atoms with Gasteiger partial charge in [0.2, 0.25) is 0 Å². The van der Waals surface area contributed by atoms with Gasteiger partial charge in [0.05, 0.1) is 0 Å². The van der Waals surface area contributed by atoms with Gasteiger partial charge in [-0.25, -0.2) is 0 Å². The van der Waals surface area contributed by atoms with E-state index in [4.69, 9.17) is 0 Å². The summed E-state index contributed by atoms with van der Waals surface area (Å²) in [4.78, 5) is 0. The maximum absolute atomic E-state index is 3.89. The third-order valence-electron chi connectivity index (χ3n) is 5.12. The lowest BCUT2D eigenvalue weighted by Gasteiger charge is -2.42. The van der Waals surface area contributed by atoms with E-state index in [1.807, 2.05) is 0 Å². The van der Waals surface area contributed by atoms with E-state index in [1.165, 1.54) is 37.7 Å². The third kappa shape index (κ3) is 3.63. The molecule has 1 aromatic carbocycles. The van der Waals surface area contributed by atoms with E-state index >= 15 is 0 Å². The lowest BCUT2D eigenvalue weighted by molar-refractivity contribution is 0.177. The van der Waals surface area contributed by atoms with Crippen molar-refractivity contribution < 1.29 is 0 Å². The van der Waals surface area contributed by atoms with Crippen LogP contribution in [0.15, 0.2) is 30.3 Å². The molecule has 1 aromatic rings. The first-order valence-corrected chi connectivity index (χ1v) is 8.56. The van der Waals surface area contributed by atoms with Crippen LogP contribution in [0.4, 0.5) is 0 Å². The predicted molar refractivity (Wildman–Crippen MR) is 88.1 cm³/mol. The molecule has 1 fully saturated rings. The Balaban J connectivity index is 2.21. The summed E-state index contributed by atoms with van der Waals surface area (Å²) in [7, 11) is 0. The van der Waals surface area contributed by atoms with Gasteiger partial charge in [0.15, 0.2) is 0 Å². The van der Waals surface area contributed by atoms with Gasteiger partial charge >= 0.3 is 0 Å². The minimum atomic E-state index is 0.665. The molecule has 1 saturated carbocycles. The highest BCUT2D eigenvalue weighted by Crippen LogP contribution is 2.40. The molecule has 1 N–H and O–H groups in total. The summed E-state index contributed by atoms with van der Waals surface area (Å²) in [6.45, 7) is 8.18. The Kier molecular flexibility index (Phi) is 6.09. The van der Waals surface area contributed by atoms with Gasteiger partial charge in [0.25, 0.3) is 0 Å². The molecule has 2 rings (SSSR count). The fourth-order valence-electron chi connectivity index (χ4n) is 3.52. The molecule has 3 unspecified atom stereocenters. The van der Waals surface area contributed by atoms with Crippen LogP contribution in [0.25, 0.3) is 0 Å². The molecule has 0 aromatic heterocycles. The van der Waals surface area contributed by atoms with Crippen molar-refractivity contribution in [3.63, 3.8) is 0 Å². The maximum atomic E-state index is 3.89. The van der Waals surface area contributed by atoms with Gasteiger partial charge in [0.1, 0.15) is 0 Å².